The lowest BCUT2D eigenvalue weighted by atomic mass is 10.2. The highest BCUT2D eigenvalue weighted by Gasteiger charge is 2.29. The largest absolute Gasteiger partial charge is 0.480 e. The van der Waals surface area contributed by atoms with Gasteiger partial charge in [-0.05, 0) is 25.1 Å². The number of rotatable bonds is 5. The Labute approximate surface area is 138 Å². The maximum absolute atomic E-state index is 12.6. The molecule has 0 spiro atoms. The van der Waals surface area contributed by atoms with Crippen molar-refractivity contribution in [2.45, 2.75) is 17.9 Å². The number of piperazine rings is 1. The van der Waals surface area contributed by atoms with Crippen molar-refractivity contribution in [3.63, 3.8) is 0 Å². The van der Waals surface area contributed by atoms with Crippen LogP contribution < -0.4 is 10.6 Å². The average Bonchev–Trinajstić information content (AvgIpc) is 2.54. The van der Waals surface area contributed by atoms with Gasteiger partial charge in [0.15, 0.2) is 0 Å². The van der Waals surface area contributed by atoms with E-state index in [0.29, 0.717) is 0 Å². The highest BCUT2D eigenvalue weighted by Crippen LogP contribution is 2.18. The highest BCUT2D eigenvalue weighted by atomic mass is 32.2. The number of aliphatic carboxylic acids is 1. The molecule has 1 fully saturated rings. The van der Waals surface area contributed by atoms with Crippen LogP contribution in [0, 0.1) is 0 Å². The van der Waals surface area contributed by atoms with Crippen LogP contribution >= 0.6 is 0 Å². The molecule has 1 saturated heterocycles. The summed E-state index contributed by atoms with van der Waals surface area (Å²) in [5, 5.41) is 13.6. The third-order valence-corrected chi connectivity index (χ3v) is 5.30. The smallest absolute Gasteiger partial charge is 0.325 e. The van der Waals surface area contributed by atoms with Gasteiger partial charge in [-0.1, -0.05) is 6.07 Å². The molecule has 9 nitrogen and oxygen atoms in total. The third-order valence-electron chi connectivity index (χ3n) is 3.46. The minimum absolute atomic E-state index is 0.0191. The standard InChI is InChI=1S/C14H17N3O6S/c1-9(14(20)21)16-13(19)10-3-2-4-11(7-10)24(22,23)17-6-5-15-12(18)8-17/h2-4,7,9H,5-6,8H2,1H3,(H,15,18)(H,16,19)(H,20,21)/t9-/m0/s1. The maximum Gasteiger partial charge on any atom is 0.325 e. The molecule has 1 aromatic rings. The number of nitrogens with zero attached hydrogens (tertiary/aromatic N) is 1. The van der Waals surface area contributed by atoms with Crippen LogP contribution in [-0.4, -0.2) is 61.3 Å². The first kappa shape index (κ1) is 17.9. The number of carbonyl (C=O) groups excluding carboxylic acids is 2. The molecule has 2 amide bonds. The summed E-state index contributed by atoms with van der Waals surface area (Å²) in [7, 11) is -3.92. The number of nitrogens with one attached hydrogen (secondary N) is 2. The number of carboxylic acids is 1. The van der Waals surface area contributed by atoms with Crippen molar-refractivity contribution in [3.8, 4) is 0 Å². The summed E-state index contributed by atoms with van der Waals surface area (Å²) < 4.78 is 26.1. The summed E-state index contributed by atoms with van der Waals surface area (Å²) in [5.41, 5.74) is 0.0191. The summed E-state index contributed by atoms with van der Waals surface area (Å²) in [6.45, 7) is 1.37. The molecule has 3 N–H and O–H groups in total. The Balaban J connectivity index is 2.24. The van der Waals surface area contributed by atoms with Gasteiger partial charge < -0.3 is 15.7 Å². The van der Waals surface area contributed by atoms with E-state index in [2.05, 4.69) is 10.6 Å². The molecule has 1 aromatic carbocycles. The maximum atomic E-state index is 12.6. The number of sulfonamides is 1. The summed E-state index contributed by atoms with van der Waals surface area (Å²) in [6, 6.07) is 4.14. The van der Waals surface area contributed by atoms with Gasteiger partial charge in [-0.15, -0.1) is 0 Å². The van der Waals surface area contributed by atoms with Crippen LogP contribution in [0.15, 0.2) is 29.2 Å². The molecule has 24 heavy (non-hydrogen) atoms. The van der Waals surface area contributed by atoms with Crippen LogP contribution in [-0.2, 0) is 19.6 Å². The first-order valence-corrected chi connectivity index (χ1v) is 8.56. The summed E-state index contributed by atoms with van der Waals surface area (Å²) in [6.07, 6.45) is 0. The number of carbonyl (C=O) groups is 3. The number of hydrogen-bond donors (Lipinski definition) is 3. The zero-order valence-electron chi connectivity index (χ0n) is 12.9. The van der Waals surface area contributed by atoms with Gasteiger partial charge in [0, 0.05) is 18.7 Å². The van der Waals surface area contributed by atoms with Crippen molar-refractivity contribution < 1.29 is 27.9 Å². The molecule has 130 valence electrons. The number of hydrogen-bond acceptors (Lipinski definition) is 5. The van der Waals surface area contributed by atoms with Gasteiger partial charge in [0.1, 0.15) is 6.04 Å². The zero-order valence-corrected chi connectivity index (χ0v) is 13.7. The fourth-order valence-corrected chi connectivity index (χ4v) is 3.55. The number of benzene rings is 1. The molecule has 1 aliphatic heterocycles. The average molecular weight is 355 g/mol. The molecule has 0 bridgehead atoms. The molecular formula is C14H17N3O6S. The van der Waals surface area contributed by atoms with E-state index in [0.717, 1.165) is 10.4 Å². The Morgan fingerprint density at radius 3 is 2.71 bits per heavy atom. The molecule has 0 aromatic heterocycles. The van der Waals surface area contributed by atoms with E-state index in [4.69, 9.17) is 5.11 Å². The molecule has 2 rings (SSSR count). The van der Waals surface area contributed by atoms with Crippen molar-refractivity contribution >= 4 is 27.8 Å². The quantitative estimate of drug-likeness (QED) is 0.621. The lowest BCUT2D eigenvalue weighted by Crippen LogP contribution is -2.49. The van der Waals surface area contributed by atoms with E-state index < -0.39 is 33.8 Å². The molecule has 1 atom stereocenters. The van der Waals surface area contributed by atoms with Crippen LogP contribution in [0.5, 0.6) is 0 Å². The van der Waals surface area contributed by atoms with Crippen LogP contribution in [0.1, 0.15) is 17.3 Å². The summed E-state index contributed by atoms with van der Waals surface area (Å²) in [5.74, 6) is -2.29. The van der Waals surface area contributed by atoms with E-state index in [1.165, 1.54) is 25.1 Å². The van der Waals surface area contributed by atoms with Gasteiger partial charge in [-0.2, -0.15) is 4.31 Å². The molecule has 0 unspecified atom stereocenters. The van der Waals surface area contributed by atoms with Gasteiger partial charge >= 0.3 is 5.97 Å². The topological polar surface area (TPSA) is 133 Å². The lowest BCUT2D eigenvalue weighted by Gasteiger charge is -2.26. The number of amides is 2. The van der Waals surface area contributed by atoms with Crippen molar-refractivity contribution in [2.75, 3.05) is 19.6 Å². The second-order valence-corrected chi connectivity index (χ2v) is 7.19. The van der Waals surface area contributed by atoms with Gasteiger partial charge in [-0.25, -0.2) is 8.42 Å². The van der Waals surface area contributed by atoms with E-state index in [9.17, 15) is 22.8 Å². The molecule has 1 aliphatic rings. The van der Waals surface area contributed by atoms with Crippen LogP contribution in [0.4, 0.5) is 0 Å². The third kappa shape index (κ3) is 3.89. The molecule has 1 heterocycles. The van der Waals surface area contributed by atoms with E-state index >= 15 is 0 Å². The van der Waals surface area contributed by atoms with E-state index in [-0.39, 0.29) is 30.1 Å². The van der Waals surface area contributed by atoms with E-state index in [1.807, 2.05) is 0 Å². The van der Waals surface area contributed by atoms with Crippen LogP contribution in [0.3, 0.4) is 0 Å². The highest BCUT2D eigenvalue weighted by molar-refractivity contribution is 7.89. The fraction of sp³-hybridized carbons (Fsp3) is 0.357. The second-order valence-electron chi connectivity index (χ2n) is 5.25. The van der Waals surface area contributed by atoms with Gasteiger partial charge in [0.05, 0.1) is 11.4 Å². The molecule has 0 radical (unpaired) electrons. The van der Waals surface area contributed by atoms with Crippen LogP contribution in [0.2, 0.25) is 0 Å². The van der Waals surface area contributed by atoms with Crippen molar-refractivity contribution in [1.82, 2.24) is 14.9 Å². The SMILES string of the molecule is C[C@H](NC(=O)c1cccc(S(=O)(=O)N2CCNC(=O)C2)c1)C(=O)O. The normalized spacial score (nSPS) is 17.0. The first-order chi connectivity index (χ1) is 11.2. The summed E-state index contributed by atoms with van der Waals surface area (Å²) in [4.78, 5) is 34.0. The predicted octanol–water partition coefficient (Wildman–Crippen LogP) is -0.990. The first-order valence-electron chi connectivity index (χ1n) is 7.12. The summed E-state index contributed by atoms with van der Waals surface area (Å²) >= 11 is 0. The molecule has 0 saturated carbocycles. The monoisotopic (exact) mass is 355 g/mol. The Bertz CT molecular complexity index is 776. The zero-order chi connectivity index (χ0) is 17.9. The van der Waals surface area contributed by atoms with Crippen molar-refractivity contribution in [2.24, 2.45) is 0 Å². The van der Waals surface area contributed by atoms with Crippen molar-refractivity contribution in [3.05, 3.63) is 29.8 Å². The Hall–Kier alpha value is -2.46. The van der Waals surface area contributed by atoms with Gasteiger partial charge in [-0.3, -0.25) is 14.4 Å². The molecule has 10 heteroatoms. The van der Waals surface area contributed by atoms with E-state index in [1.54, 1.807) is 0 Å². The van der Waals surface area contributed by atoms with Gasteiger partial charge in [0.25, 0.3) is 5.91 Å². The minimum atomic E-state index is -3.92. The van der Waals surface area contributed by atoms with Crippen LogP contribution in [0.25, 0.3) is 0 Å². The van der Waals surface area contributed by atoms with Crippen molar-refractivity contribution in [1.29, 1.82) is 0 Å². The number of carboxylic acid groups (broad SMARTS) is 1. The fourth-order valence-electron chi connectivity index (χ4n) is 2.11. The Morgan fingerprint density at radius 1 is 1.38 bits per heavy atom. The Morgan fingerprint density at radius 2 is 2.08 bits per heavy atom. The molecule has 0 aliphatic carbocycles. The predicted molar refractivity (Wildman–Crippen MR) is 82.8 cm³/mol. The molecular weight excluding hydrogens is 338 g/mol. The lowest BCUT2D eigenvalue weighted by molar-refractivity contribution is -0.138. The van der Waals surface area contributed by atoms with Gasteiger partial charge in [0.2, 0.25) is 15.9 Å². The minimum Gasteiger partial charge on any atom is -0.480 e. The second kappa shape index (κ2) is 6.97. The Kier molecular flexibility index (Phi) is 5.20.